The van der Waals surface area contributed by atoms with Gasteiger partial charge in [-0.3, -0.25) is 14.6 Å². The van der Waals surface area contributed by atoms with Gasteiger partial charge in [-0.15, -0.1) is 11.8 Å². The fourth-order valence-electron chi connectivity index (χ4n) is 5.56. The summed E-state index contributed by atoms with van der Waals surface area (Å²) in [7, 11) is 0. The number of fused-ring (bicyclic) bond motifs is 3. The Labute approximate surface area is 163 Å². The average molecular weight is 385 g/mol. The molecule has 2 atom stereocenters. The second-order valence-corrected chi connectivity index (χ2v) is 9.22. The van der Waals surface area contributed by atoms with Crippen LogP contribution in [0.15, 0.2) is 39.0 Å². The molecule has 27 heavy (non-hydrogen) atoms. The number of thioether (sulfide) groups is 1. The van der Waals surface area contributed by atoms with Crippen molar-refractivity contribution in [2.24, 2.45) is 10.9 Å². The minimum Gasteiger partial charge on any atom is -0.481 e. The molecule has 6 heteroatoms. The van der Waals surface area contributed by atoms with Crippen LogP contribution in [-0.4, -0.2) is 38.9 Å². The molecule has 1 saturated carbocycles. The molecule has 3 aliphatic carbocycles. The molecule has 1 N–H and O–H groups in total. The molecule has 5 nitrogen and oxygen atoms in total. The number of nitrogens with zero attached hydrogens (tertiary/aromatic N) is 2. The van der Waals surface area contributed by atoms with Crippen molar-refractivity contribution < 1.29 is 14.7 Å². The molecule has 0 radical (unpaired) electrons. The largest absolute Gasteiger partial charge is 0.481 e. The van der Waals surface area contributed by atoms with E-state index in [1.54, 1.807) is 11.6 Å². The predicted molar refractivity (Wildman–Crippen MR) is 105 cm³/mol. The maximum atomic E-state index is 12.7. The van der Waals surface area contributed by atoms with E-state index in [1.165, 1.54) is 44.2 Å². The summed E-state index contributed by atoms with van der Waals surface area (Å²) in [4.78, 5) is 31.8. The summed E-state index contributed by atoms with van der Waals surface area (Å²) in [6.07, 6.45) is 14.2. The minimum atomic E-state index is -0.905. The molecule has 0 aromatic heterocycles. The highest BCUT2D eigenvalue weighted by molar-refractivity contribution is 8.04. The van der Waals surface area contributed by atoms with Gasteiger partial charge in [0.2, 0.25) is 0 Å². The maximum absolute atomic E-state index is 12.7. The molecule has 5 rings (SSSR count). The van der Waals surface area contributed by atoms with Crippen molar-refractivity contribution in [1.82, 2.24) is 4.90 Å². The van der Waals surface area contributed by atoms with Crippen LogP contribution < -0.4 is 0 Å². The van der Waals surface area contributed by atoms with Gasteiger partial charge in [0.1, 0.15) is 5.66 Å². The highest BCUT2D eigenvalue weighted by Gasteiger charge is 2.55. The number of hydrogen-bond donors (Lipinski definition) is 1. The zero-order valence-electron chi connectivity index (χ0n) is 15.4. The van der Waals surface area contributed by atoms with Gasteiger partial charge in [-0.2, -0.15) is 0 Å². The van der Waals surface area contributed by atoms with Crippen molar-refractivity contribution in [3.63, 3.8) is 0 Å². The van der Waals surface area contributed by atoms with Crippen molar-refractivity contribution in [2.75, 3.05) is 5.75 Å². The van der Waals surface area contributed by atoms with Gasteiger partial charge in [-0.05, 0) is 57.4 Å². The van der Waals surface area contributed by atoms with E-state index in [0.29, 0.717) is 10.8 Å². The Bertz CT molecular complexity index is 853. The van der Waals surface area contributed by atoms with Gasteiger partial charge in [-0.1, -0.05) is 12.0 Å². The molecule has 0 saturated heterocycles. The summed E-state index contributed by atoms with van der Waals surface area (Å²) in [5, 5.41) is 8.95. The van der Waals surface area contributed by atoms with E-state index in [2.05, 4.69) is 4.90 Å². The zero-order chi connectivity index (χ0) is 18.6. The fraction of sp³-hybridized carbons (Fsp3) is 0.571. The number of aliphatic imine (C=N–C) groups is 1. The molecule has 2 aliphatic heterocycles. The number of allylic oxidation sites excluding steroid dienone is 5. The lowest BCUT2D eigenvalue weighted by atomic mass is 9.70. The number of carbonyl (C=O) groups excluding carboxylic acids is 1. The number of aliphatic carboxylic acids is 1. The first-order valence-electron chi connectivity index (χ1n) is 10.0. The quantitative estimate of drug-likeness (QED) is 0.744. The Kier molecular flexibility index (Phi) is 4.08. The SMILES string of the molecule is O=C(O)CSC1=CC2=N[C@]34CCCC[C@H]3CC3=C(CCCC3)N4C2=CC1=O. The minimum absolute atomic E-state index is 0.0804. The topological polar surface area (TPSA) is 70.0 Å². The first-order chi connectivity index (χ1) is 13.1. The number of carboxylic acid groups (broad SMARTS) is 1. The van der Waals surface area contributed by atoms with Crippen LogP contribution in [0.4, 0.5) is 0 Å². The second-order valence-electron chi connectivity index (χ2n) is 8.20. The lowest BCUT2D eigenvalue weighted by Gasteiger charge is -2.52. The Morgan fingerprint density at radius 1 is 1.26 bits per heavy atom. The summed E-state index contributed by atoms with van der Waals surface area (Å²) in [6.45, 7) is 0. The van der Waals surface area contributed by atoms with Gasteiger partial charge >= 0.3 is 5.97 Å². The Morgan fingerprint density at radius 2 is 2.11 bits per heavy atom. The van der Waals surface area contributed by atoms with Crippen LogP contribution >= 0.6 is 11.8 Å². The van der Waals surface area contributed by atoms with Gasteiger partial charge in [0, 0.05) is 17.7 Å². The molecular weight excluding hydrogens is 360 g/mol. The molecule has 142 valence electrons. The third-order valence-corrected chi connectivity index (χ3v) is 7.67. The first-order valence-corrected chi connectivity index (χ1v) is 11.0. The summed E-state index contributed by atoms with van der Waals surface area (Å²) in [5.41, 5.74) is 4.64. The Balaban J connectivity index is 1.58. The average Bonchev–Trinajstić information content (AvgIpc) is 2.97. The standard InChI is InChI=1S/C21H24N2O3S/c24-18-11-17-15(10-19(18)27-12-20(25)26)22-21-8-4-3-6-14(21)9-13-5-1-2-7-16(13)23(17)21/h10-11,14H,1-9,12H2,(H,25,26)/t14-,21-/m0/s1. The van der Waals surface area contributed by atoms with Gasteiger partial charge < -0.3 is 10.0 Å². The number of carbonyl (C=O) groups is 2. The summed E-state index contributed by atoms with van der Waals surface area (Å²) < 4.78 is 0. The van der Waals surface area contributed by atoms with Crippen LogP contribution in [0.25, 0.3) is 0 Å². The highest BCUT2D eigenvalue weighted by Crippen LogP contribution is 2.56. The zero-order valence-corrected chi connectivity index (χ0v) is 16.2. The van der Waals surface area contributed by atoms with Gasteiger partial charge in [0.15, 0.2) is 5.78 Å². The highest BCUT2D eigenvalue weighted by atomic mass is 32.2. The molecule has 5 aliphatic rings. The molecular formula is C21H24N2O3S. The van der Waals surface area contributed by atoms with Crippen LogP contribution in [0.1, 0.15) is 57.8 Å². The van der Waals surface area contributed by atoms with E-state index in [1.807, 2.05) is 6.08 Å². The van der Waals surface area contributed by atoms with Crippen LogP contribution in [0, 0.1) is 5.92 Å². The van der Waals surface area contributed by atoms with E-state index in [4.69, 9.17) is 10.1 Å². The predicted octanol–water partition coefficient (Wildman–Crippen LogP) is 4.03. The number of carboxylic acids is 1. The van der Waals surface area contributed by atoms with Crippen LogP contribution in [0.5, 0.6) is 0 Å². The van der Waals surface area contributed by atoms with Crippen LogP contribution in [0.3, 0.4) is 0 Å². The second kappa shape index (κ2) is 6.36. The van der Waals surface area contributed by atoms with E-state index >= 15 is 0 Å². The summed E-state index contributed by atoms with van der Waals surface area (Å²) in [6, 6.07) is 0. The first kappa shape index (κ1) is 17.3. The van der Waals surface area contributed by atoms with Crippen LogP contribution in [0.2, 0.25) is 0 Å². The summed E-state index contributed by atoms with van der Waals surface area (Å²) in [5.74, 6) is -0.554. The molecule has 1 spiro atoms. The number of rotatable bonds is 3. The van der Waals surface area contributed by atoms with Gasteiger partial charge in [0.05, 0.1) is 22.1 Å². The van der Waals surface area contributed by atoms with E-state index in [0.717, 1.165) is 42.4 Å². The van der Waals surface area contributed by atoms with Gasteiger partial charge in [-0.25, -0.2) is 0 Å². The van der Waals surface area contributed by atoms with E-state index in [-0.39, 0.29) is 17.2 Å². The molecule has 0 aromatic carbocycles. The number of ketones is 1. The van der Waals surface area contributed by atoms with Crippen molar-refractivity contribution in [3.05, 3.63) is 34.0 Å². The Hall–Kier alpha value is -1.82. The molecule has 2 heterocycles. The smallest absolute Gasteiger partial charge is 0.313 e. The van der Waals surface area contributed by atoms with E-state index < -0.39 is 5.97 Å². The Morgan fingerprint density at radius 3 is 2.96 bits per heavy atom. The lowest BCUT2D eigenvalue weighted by Crippen LogP contribution is -2.53. The molecule has 0 amide bonds. The van der Waals surface area contributed by atoms with E-state index in [9.17, 15) is 9.59 Å². The van der Waals surface area contributed by atoms with Gasteiger partial charge in [0.25, 0.3) is 0 Å². The summed E-state index contributed by atoms with van der Waals surface area (Å²) >= 11 is 1.10. The van der Waals surface area contributed by atoms with Crippen molar-refractivity contribution >= 4 is 29.2 Å². The molecule has 0 bridgehead atoms. The third-order valence-electron chi connectivity index (χ3n) is 6.65. The molecule has 1 fully saturated rings. The molecule has 0 aromatic rings. The van der Waals surface area contributed by atoms with Crippen molar-refractivity contribution in [2.45, 2.75) is 63.5 Å². The van der Waals surface area contributed by atoms with Crippen molar-refractivity contribution in [1.29, 1.82) is 0 Å². The third kappa shape index (κ3) is 2.64. The monoisotopic (exact) mass is 384 g/mol. The maximum Gasteiger partial charge on any atom is 0.313 e. The fourth-order valence-corrected chi connectivity index (χ4v) is 6.24. The number of hydrogen-bond acceptors (Lipinski definition) is 5. The van der Waals surface area contributed by atoms with Crippen molar-refractivity contribution in [3.8, 4) is 0 Å². The van der Waals surface area contributed by atoms with Crippen LogP contribution in [-0.2, 0) is 9.59 Å². The lowest BCUT2D eigenvalue weighted by molar-refractivity contribution is -0.133. The molecule has 0 unspecified atom stereocenters. The normalized spacial score (nSPS) is 32.0.